The van der Waals surface area contributed by atoms with E-state index in [1.165, 1.54) is 0 Å². The molecule has 0 bridgehead atoms. The van der Waals surface area contributed by atoms with Crippen LogP contribution >= 0.6 is 0 Å². The summed E-state index contributed by atoms with van der Waals surface area (Å²) in [5.74, 6) is -0.0570. The van der Waals surface area contributed by atoms with E-state index in [9.17, 15) is 9.59 Å². The Morgan fingerprint density at radius 1 is 1.16 bits per heavy atom. The van der Waals surface area contributed by atoms with Gasteiger partial charge in [0.2, 0.25) is 0 Å². The SMILES string of the molecule is CC(C)(C)OC(=O)N1CCC(N(C(=O)c2cc(-c3cccc(NO)c3)n[nH]2)C2CC2)CC1. The number of likely N-dealkylation sites (tertiary alicyclic amines) is 1. The Kier molecular flexibility index (Phi) is 6.10. The molecule has 1 aromatic carbocycles. The number of rotatable bonds is 5. The van der Waals surface area contributed by atoms with Crippen molar-refractivity contribution in [2.75, 3.05) is 18.6 Å². The van der Waals surface area contributed by atoms with Crippen molar-refractivity contribution in [1.82, 2.24) is 20.0 Å². The smallest absolute Gasteiger partial charge is 0.410 e. The van der Waals surface area contributed by atoms with Crippen LogP contribution in [-0.2, 0) is 4.74 Å². The molecule has 2 aliphatic rings. The molecule has 2 aromatic rings. The molecule has 3 N–H and O–H groups in total. The number of hydrogen-bond acceptors (Lipinski definition) is 6. The first-order chi connectivity index (χ1) is 15.2. The number of benzene rings is 1. The predicted molar refractivity (Wildman–Crippen MR) is 119 cm³/mol. The van der Waals surface area contributed by atoms with Crippen molar-refractivity contribution >= 4 is 17.7 Å². The molecule has 32 heavy (non-hydrogen) atoms. The van der Waals surface area contributed by atoms with Crippen molar-refractivity contribution in [3.8, 4) is 11.3 Å². The summed E-state index contributed by atoms with van der Waals surface area (Å²) in [6, 6.07) is 9.26. The van der Waals surface area contributed by atoms with Gasteiger partial charge in [0.05, 0.1) is 11.4 Å². The van der Waals surface area contributed by atoms with Crippen molar-refractivity contribution in [3.63, 3.8) is 0 Å². The van der Waals surface area contributed by atoms with E-state index in [-0.39, 0.29) is 24.1 Å². The van der Waals surface area contributed by atoms with Crippen LogP contribution in [0.5, 0.6) is 0 Å². The number of amides is 2. The van der Waals surface area contributed by atoms with Gasteiger partial charge >= 0.3 is 6.09 Å². The predicted octanol–water partition coefficient (Wildman–Crippen LogP) is 3.88. The highest BCUT2D eigenvalue weighted by Crippen LogP contribution is 2.34. The second-order valence-electron chi connectivity index (χ2n) is 9.50. The van der Waals surface area contributed by atoms with E-state index in [0.717, 1.165) is 31.2 Å². The molecule has 9 heteroatoms. The van der Waals surface area contributed by atoms with Crippen LogP contribution in [0, 0.1) is 0 Å². The Morgan fingerprint density at radius 2 is 1.84 bits per heavy atom. The number of nitrogens with one attached hydrogen (secondary N) is 2. The van der Waals surface area contributed by atoms with Gasteiger partial charge in [0.1, 0.15) is 11.3 Å². The number of H-pyrrole nitrogens is 1. The fraction of sp³-hybridized carbons (Fsp3) is 0.522. The first-order valence-electron chi connectivity index (χ1n) is 11.1. The van der Waals surface area contributed by atoms with E-state index >= 15 is 0 Å². The number of aromatic nitrogens is 2. The van der Waals surface area contributed by atoms with Crippen LogP contribution in [0.25, 0.3) is 11.3 Å². The van der Waals surface area contributed by atoms with E-state index in [1.807, 2.05) is 31.7 Å². The summed E-state index contributed by atoms with van der Waals surface area (Å²) in [5, 5.41) is 16.3. The highest BCUT2D eigenvalue weighted by molar-refractivity contribution is 5.94. The lowest BCUT2D eigenvalue weighted by atomic mass is 10.0. The second kappa shape index (κ2) is 8.82. The molecule has 1 aliphatic carbocycles. The summed E-state index contributed by atoms with van der Waals surface area (Å²) in [6.07, 6.45) is 3.17. The van der Waals surface area contributed by atoms with Gasteiger partial charge in [0, 0.05) is 30.7 Å². The highest BCUT2D eigenvalue weighted by Gasteiger charge is 2.40. The third kappa shape index (κ3) is 5.04. The Morgan fingerprint density at radius 3 is 2.47 bits per heavy atom. The quantitative estimate of drug-likeness (QED) is 0.607. The molecule has 9 nitrogen and oxygen atoms in total. The Labute approximate surface area is 187 Å². The molecule has 2 heterocycles. The average molecular weight is 442 g/mol. The number of anilines is 1. The van der Waals surface area contributed by atoms with Gasteiger partial charge in [-0.05, 0) is 64.7 Å². The van der Waals surface area contributed by atoms with E-state index < -0.39 is 5.60 Å². The van der Waals surface area contributed by atoms with Gasteiger partial charge in [-0.15, -0.1) is 0 Å². The zero-order valence-electron chi connectivity index (χ0n) is 18.8. The van der Waals surface area contributed by atoms with Crippen molar-refractivity contribution in [2.24, 2.45) is 0 Å². The lowest BCUT2D eigenvalue weighted by Crippen LogP contribution is -2.50. The molecule has 1 aromatic heterocycles. The molecule has 2 amide bonds. The number of carbonyl (C=O) groups excluding carboxylic acids is 2. The topological polar surface area (TPSA) is 111 Å². The van der Waals surface area contributed by atoms with E-state index in [1.54, 1.807) is 29.2 Å². The monoisotopic (exact) mass is 441 g/mol. The van der Waals surface area contributed by atoms with Gasteiger partial charge in [-0.1, -0.05) is 12.1 Å². The Balaban J connectivity index is 1.43. The molecule has 2 fully saturated rings. The standard InChI is InChI=1S/C23H31N5O4/c1-23(2,3)32-22(30)27-11-9-18(10-12-27)28(17-7-8-17)21(29)20-14-19(24-25-20)15-5-4-6-16(13-15)26-31/h4-6,13-14,17-18,26,31H,7-12H2,1-3H3,(H,24,25). The van der Waals surface area contributed by atoms with Crippen molar-refractivity contribution in [2.45, 2.75) is 64.1 Å². The molecule has 0 unspecified atom stereocenters. The van der Waals surface area contributed by atoms with Crippen LogP contribution in [0.3, 0.4) is 0 Å². The molecule has 1 aliphatic heterocycles. The van der Waals surface area contributed by atoms with Crippen LogP contribution in [-0.4, -0.2) is 68.0 Å². The fourth-order valence-electron chi connectivity index (χ4n) is 4.10. The zero-order chi connectivity index (χ0) is 22.9. The fourth-order valence-corrected chi connectivity index (χ4v) is 4.10. The number of aromatic amines is 1. The molecule has 0 atom stereocenters. The van der Waals surface area contributed by atoms with E-state index in [4.69, 9.17) is 9.94 Å². The zero-order valence-corrected chi connectivity index (χ0v) is 18.8. The first-order valence-corrected chi connectivity index (χ1v) is 11.1. The minimum absolute atomic E-state index is 0.0570. The van der Waals surface area contributed by atoms with E-state index in [2.05, 4.69) is 15.7 Å². The molecular formula is C23H31N5O4. The van der Waals surface area contributed by atoms with Crippen LogP contribution in [0.15, 0.2) is 30.3 Å². The summed E-state index contributed by atoms with van der Waals surface area (Å²) < 4.78 is 5.48. The first kappa shape index (κ1) is 22.1. The van der Waals surface area contributed by atoms with Gasteiger partial charge in [-0.2, -0.15) is 5.10 Å². The third-order valence-corrected chi connectivity index (χ3v) is 5.78. The maximum absolute atomic E-state index is 13.4. The van der Waals surface area contributed by atoms with Crippen molar-refractivity contribution in [3.05, 3.63) is 36.0 Å². The second-order valence-corrected chi connectivity index (χ2v) is 9.50. The summed E-state index contributed by atoms with van der Waals surface area (Å²) in [5.41, 5.74) is 4.04. The lowest BCUT2D eigenvalue weighted by Gasteiger charge is -2.39. The van der Waals surface area contributed by atoms with Gasteiger partial charge in [0.15, 0.2) is 0 Å². The molecule has 0 radical (unpaired) electrons. The number of nitrogens with zero attached hydrogens (tertiary/aromatic N) is 3. The van der Waals surface area contributed by atoms with Crippen LogP contribution in [0.4, 0.5) is 10.5 Å². The number of carbonyl (C=O) groups is 2. The van der Waals surface area contributed by atoms with Crippen LogP contribution in [0.2, 0.25) is 0 Å². The maximum atomic E-state index is 13.4. The van der Waals surface area contributed by atoms with Crippen molar-refractivity contribution in [1.29, 1.82) is 0 Å². The highest BCUT2D eigenvalue weighted by atomic mass is 16.6. The lowest BCUT2D eigenvalue weighted by molar-refractivity contribution is 0.0141. The maximum Gasteiger partial charge on any atom is 0.410 e. The van der Waals surface area contributed by atoms with Gasteiger partial charge in [-0.25, -0.2) is 4.79 Å². The van der Waals surface area contributed by atoms with Crippen molar-refractivity contribution < 1.29 is 19.5 Å². The molecular weight excluding hydrogens is 410 g/mol. The van der Waals surface area contributed by atoms with Gasteiger partial charge < -0.3 is 14.5 Å². The minimum Gasteiger partial charge on any atom is -0.444 e. The molecule has 1 saturated heterocycles. The Bertz CT molecular complexity index is 971. The molecule has 1 saturated carbocycles. The number of ether oxygens (including phenoxy) is 1. The largest absolute Gasteiger partial charge is 0.444 e. The average Bonchev–Trinajstić information content (AvgIpc) is 3.47. The summed E-state index contributed by atoms with van der Waals surface area (Å²) in [7, 11) is 0. The number of piperidine rings is 1. The number of hydrogen-bond donors (Lipinski definition) is 3. The molecule has 172 valence electrons. The van der Waals surface area contributed by atoms with Gasteiger partial charge in [-0.3, -0.25) is 20.6 Å². The minimum atomic E-state index is -0.519. The molecule has 4 rings (SSSR count). The summed E-state index contributed by atoms with van der Waals surface area (Å²) >= 11 is 0. The third-order valence-electron chi connectivity index (χ3n) is 5.78. The molecule has 0 spiro atoms. The normalized spacial score (nSPS) is 17.2. The van der Waals surface area contributed by atoms with Crippen LogP contribution in [0.1, 0.15) is 56.9 Å². The van der Waals surface area contributed by atoms with E-state index in [0.29, 0.717) is 30.2 Å². The van der Waals surface area contributed by atoms with Gasteiger partial charge in [0.25, 0.3) is 5.91 Å². The summed E-state index contributed by atoms with van der Waals surface area (Å²) in [6.45, 7) is 6.73. The summed E-state index contributed by atoms with van der Waals surface area (Å²) in [4.78, 5) is 29.5. The van der Waals surface area contributed by atoms with Crippen LogP contribution < -0.4 is 5.48 Å². The Hall–Kier alpha value is -3.07.